The molecule has 0 aromatic heterocycles. The minimum absolute atomic E-state index is 0.210. The molecule has 0 heterocycles. The quantitative estimate of drug-likeness (QED) is 0.0326. The standard InChI is InChI=1S/C55H56O11/c1-3-5-7-9-11-13-35-61-46-26-18-41(19-27-46)52(57)64-48-30-24-43(25-31-48)54(59)66-50-34-17-39-15-16-44(37-45(39)38-50)55(60)65-49-32-22-42(23-33-49)53(58)63-47-28-20-40(21-29-47)51(56)62-36-14-12-10-8-6-4-2/h15-34,37-38H,3-14,35-36H2,1-2H3. The Balaban J connectivity index is 0.948. The molecule has 0 fully saturated rings. The van der Waals surface area contributed by atoms with Crippen molar-refractivity contribution in [3.63, 3.8) is 0 Å². The summed E-state index contributed by atoms with van der Waals surface area (Å²) in [5, 5.41) is 1.43. The Morgan fingerprint density at radius 2 is 0.667 bits per heavy atom. The third-order valence-corrected chi connectivity index (χ3v) is 10.7. The van der Waals surface area contributed by atoms with Crippen LogP contribution in [0, 0.1) is 0 Å². The van der Waals surface area contributed by atoms with Crippen molar-refractivity contribution in [2.75, 3.05) is 13.2 Å². The van der Waals surface area contributed by atoms with Gasteiger partial charge in [0.1, 0.15) is 28.7 Å². The van der Waals surface area contributed by atoms with Crippen LogP contribution in [0.3, 0.4) is 0 Å². The molecule has 11 heteroatoms. The van der Waals surface area contributed by atoms with E-state index in [-0.39, 0.29) is 39.7 Å². The van der Waals surface area contributed by atoms with Crippen molar-refractivity contribution in [2.45, 2.75) is 90.9 Å². The third kappa shape index (κ3) is 14.9. The lowest BCUT2D eigenvalue weighted by Crippen LogP contribution is -2.11. The molecule has 11 nitrogen and oxygen atoms in total. The predicted molar refractivity (Wildman–Crippen MR) is 252 cm³/mol. The highest BCUT2D eigenvalue weighted by atomic mass is 16.6. The highest BCUT2D eigenvalue weighted by Gasteiger charge is 2.16. The normalized spacial score (nSPS) is 10.8. The Hall–Kier alpha value is -7.27. The van der Waals surface area contributed by atoms with Crippen LogP contribution in [0.25, 0.3) is 10.8 Å². The maximum absolute atomic E-state index is 13.2. The van der Waals surface area contributed by atoms with Gasteiger partial charge in [-0.15, -0.1) is 0 Å². The van der Waals surface area contributed by atoms with Crippen molar-refractivity contribution in [1.29, 1.82) is 0 Å². The summed E-state index contributed by atoms with van der Waals surface area (Å²) in [4.78, 5) is 64.2. The van der Waals surface area contributed by atoms with Crippen molar-refractivity contribution in [3.8, 4) is 28.7 Å². The van der Waals surface area contributed by atoms with Crippen molar-refractivity contribution in [2.24, 2.45) is 0 Å². The number of rotatable bonds is 24. The van der Waals surface area contributed by atoms with Gasteiger partial charge in [-0.1, -0.05) is 90.2 Å². The SMILES string of the molecule is CCCCCCCCOC(=O)c1ccc(OC(=O)c2ccc(OC(=O)c3ccc4ccc(OC(=O)c5ccc(OC(=O)c6ccc(OCCCCCCCC)cc6)cc5)cc4c3)cc2)cc1. The lowest BCUT2D eigenvalue weighted by atomic mass is 10.1. The first-order chi connectivity index (χ1) is 32.2. The average molecular weight is 893 g/mol. The summed E-state index contributed by atoms with van der Waals surface area (Å²) < 4.78 is 33.4. The Morgan fingerprint density at radius 3 is 1.15 bits per heavy atom. The number of fused-ring (bicyclic) bond motifs is 1. The van der Waals surface area contributed by atoms with Gasteiger partial charge in [0.25, 0.3) is 0 Å². The van der Waals surface area contributed by atoms with Gasteiger partial charge in [0.2, 0.25) is 0 Å². The lowest BCUT2D eigenvalue weighted by Gasteiger charge is -2.09. The molecule has 0 amide bonds. The first-order valence-electron chi connectivity index (χ1n) is 22.8. The first kappa shape index (κ1) is 48.2. The fraction of sp³-hybridized carbons (Fsp3) is 0.291. The van der Waals surface area contributed by atoms with Gasteiger partial charge in [-0.3, -0.25) is 0 Å². The molecule has 342 valence electrons. The fourth-order valence-electron chi connectivity index (χ4n) is 6.95. The van der Waals surface area contributed by atoms with Gasteiger partial charge in [0.15, 0.2) is 0 Å². The molecule has 0 bridgehead atoms. The molecular weight excluding hydrogens is 837 g/mol. The summed E-state index contributed by atoms with van der Waals surface area (Å²) in [5.41, 5.74) is 1.45. The Bertz CT molecular complexity index is 2530. The third-order valence-electron chi connectivity index (χ3n) is 10.7. The minimum Gasteiger partial charge on any atom is -0.494 e. The van der Waals surface area contributed by atoms with Gasteiger partial charge in [-0.2, -0.15) is 0 Å². The van der Waals surface area contributed by atoms with Gasteiger partial charge in [0, 0.05) is 0 Å². The van der Waals surface area contributed by atoms with Crippen LogP contribution < -0.4 is 23.7 Å². The van der Waals surface area contributed by atoms with Crippen molar-refractivity contribution >= 4 is 40.6 Å². The molecule has 0 saturated carbocycles. The smallest absolute Gasteiger partial charge is 0.343 e. The molecule has 0 aliphatic carbocycles. The molecule has 66 heavy (non-hydrogen) atoms. The molecule has 6 aromatic rings. The van der Waals surface area contributed by atoms with E-state index in [1.807, 2.05) is 0 Å². The zero-order valence-electron chi connectivity index (χ0n) is 37.6. The van der Waals surface area contributed by atoms with E-state index in [1.54, 1.807) is 72.8 Å². The summed E-state index contributed by atoms with van der Waals surface area (Å²) >= 11 is 0. The van der Waals surface area contributed by atoms with E-state index in [2.05, 4.69) is 13.8 Å². The van der Waals surface area contributed by atoms with E-state index >= 15 is 0 Å². The van der Waals surface area contributed by atoms with Gasteiger partial charge in [0.05, 0.1) is 41.0 Å². The number of unbranched alkanes of at least 4 members (excludes halogenated alkanes) is 10. The second kappa shape index (κ2) is 25.3. The van der Waals surface area contributed by atoms with Gasteiger partial charge < -0.3 is 28.4 Å². The molecule has 0 spiro atoms. The monoisotopic (exact) mass is 892 g/mol. The van der Waals surface area contributed by atoms with Crippen LogP contribution in [0.2, 0.25) is 0 Å². The van der Waals surface area contributed by atoms with E-state index in [0.29, 0.717) is 35.5 Å². The van der Waals surface area contributed by atoms with E-state index in [1.165, 1.54) is 106 Å². The van der Waals surface area contributed by atoms with Crippen LogP contribution in [0.15, 0.2) is 133 Å². The van der Waals surface area contributed by atoms with Crippen molar-refractivity contribution < 1.29 is 52.4 Å². The highest BCUT2D eigenvalue weighted by molar-refractivity contribution is 5.98. The average Bonchev–Trinajstić information content (AvgIpc) is 3.34. The topological polar surface area (TPSA) is 141 Å². The van der Waals surface area contributed by atoms with Crippen molar-refractivity contribution in [1.82, 2.24) is 0 Å². The summed E-state index contributed by atoms with van der Waals surface area (Å²) in [6.45, 7) is 5.37. The molecule has 0 aliphatic rings. The maximum Gasteiger partial charge on any atom is 0.343 e. The Kier molecular flexibility index (Phi) is 18.5. The molecule has 0 N–H and O–H groups in total. The molecule has 6 aromatic carbocycles. The molecular formula is C55H56O11. The first-order valence-corrected chi connectivity index (χ1v) is 22.8. The fourth-order valence-corrected chi connectivity index (χ4v) is 6.95. The molecule has 6 rings (SSSR count). The zero-order chi connectivity index (χ0) is 46.5. The van der Waals surface area contributed by atoms with Crippen molar-refractivity contribution in [3.05, 3.63) is 161 Å². The van der Waals surface area contributed by atoms with E-state index in [0.717, 1.165) is 37.5 Å². The number of carbonyl (C=O) groups is 5. The maximum atomic E-state index is 13.2. The van der Waals surface area contributed by atoms with E-state index in [9.17, 15) is 24.0 Å². The number of benzene rings is 6. The molecule has 0 radical (unpaired) electrons. The number of ether oxygens (including phenoxy) is 6. The largest absolute Gasteiger partial charge is 0.494 e. The van der Waals surface area contributed by atoms with Gasteiger partial charge >= 0.3 is 29.8 Å². The molecule has 0 atom stereocenters. The van der Waals surface area contributed by atoms with Crippen LogP contribution in [0.5, 0.6) is 28.7 Å². The van der Waals surface area contributed by atoms with E-state index < -0.39 is 29.8 Å². The Morgan fingerprint density at radius 1 is 0.318 bits per heavy atom. The van der Waals surface area contributed by atoms with Crippen LogP contribution in [-0.4, -0.2) is 43.1 Å². The minimum atomic E-state index is -0.633. The van der Waals surface area contributed by atoms with Crippen LogP contribution in [0.4, 0.5) is 0 Å². The van der Waals surface area contributed by atoms with E-state index in [4.69, 9.17) is 28.4 Å². The number of esters is 5. The predicted octanol–water partition coefficient (Wildman–Crippen LogP) is 13.0. The number of carbonyl (C=O) groups excluding carboxylic acids is 5. The molecule has 0 saturated heterocycles. The summed E-state index contributed by atoms with van der Waals surface area (Å²) in [6.07, 6.45) is 13.6. The van der Waals surface area contributed by atoms with Gasteiger partial charge in [-0.25, -0.2) is 24.0 Å². The molecule has 0 unspecified atom stereocenters. The zero-order valence-corrected chi connectivity index (χ0v) is 37.6. The van der Waals surface area contributed by atoms with Crippen LogP contribution in [0.1, 0.15) is 143 Å². The van der Waals surface area contributed by atoms with Crippen LogP contribution in [-0.2, 0) is 4.74 Å². The second-order valence-electron chi connectivity index (χ2n) is 15.9. The van der Waals surface area contributed by atoms with Crippen LogP contribution >= 0.6 is 0 Å². The Labute approximate surface area is 385 Å². The summed E-state index contributed by atoms with van der Waals surface area (Å²) in [6, 6.07) is 35.0. The second-order valence-corrected chi connectivity index (χ2v) is 15.9. The number of hydrogen-bond acceptors (Lipinski definition) is 11. The lowest BCUT2D eigenvalue weighted by molar-refractivity contribution is 0.0496. The van der Waals surface area contributed by atoms with Gasteiger partial charge in [-0.05, 0) is 145 Å². The number of hydrogen-bond donors (Lipinski definition) is 0. The molecule has 0 aliphatic heterocycles. The summed E-state index contributed by atoms with van der Waals surface area (Å²) in [7, 11) is 0. The highest BCUT2D eigenvalue weighted by Crippen LogP contribution is 2.26. The summed E-state index contributed by atoms with van der Waals surface area (Å²) in [5.74, 6) is -1.17.